The second-order valence-corrected chi connectivity index (χ2v) is 12.7. The molecule has 2 aromatic carbocycles. The molecule has 1 aliphatic carbocycles. The second-order valence-electron chi connectivity index (χ2n) is 12.7. The Hall–Kier alpha value is -3.21. The zero-order chi connectivity index (χ0) is 27.0. The number of fused-ring (bicyclic) bond motifs is 1. The van der Waals surface area contributed by atoms with Gasteiger partial charge in [0, 0.05) is 5.39 Å². The summed E-state index contributed by atoms with van der Waals surface area (Å²) in [7, 11) is 0. The Morgan fingerprint density at radius 3 is 2.22 bits per heavy atom. The van der Waals surface area contributed by atoms with Crippen LogP contribution in [0, 0.1) is 11.3 Å². The molecule has 2 N–H and O–H groups in total. The van der Waals surface area contributed by atoms with Gasteiger partial charge in [-0.3, -0.25) is 4.79 Å². The normalized spacial score (nSPS) is 15.6. The summed E-state index contributed by atoms with van der Waals surface area (Å²) in [6, 6.07) is 15.7. The first-order valence-corrected chi connectivity index (χ1v) is 13.4. The van der Waals surface area contributed by atoms with Crippen molar-refractivity contribution in [2.24, 2.45) is 11.3 Å². The number of carbonyl (C=O) groups excluding carboxylic acids is 1. The fourth-order valence-electron chi connectivity index (χ4n) is 5.39. The first-order valence-electron chi connectivity index (χ1n) is 13.4. The number of aliphatic carboxylic acids is 1. The average molecular weight is 501 g/mol. The van der Waals surface area contributed by atoms with Crippen molar-refractivity contribution in [1.29, 1.82) is 0 Å². The minimum atomic E-state index is -1.05. The SMILES string of the molecule is CC(C)(C)c1ccc(-c2cccc3cc(C(=O)NC(C(=O)O)C(C)(C)C)nc(CC4CCCC4)c23)cc1. The molecule has 1 aromatic heterocycles. The van der Waals surface area contributed by atoms with Crippen LogP contribution in [0.3, 0.4) is 0 Å². The lowest BCUT2D eigenvalue weighted by atomic mass is 9.85. The van der Waals surface area contributed by atoms with Crippen molar-refractivity contribution >= 4 is 22.6 Å². The van der Waals surface area contributed by atoms with E-state index in [1.807, 2.05) is 32.9 Å². The fraction of sp³-hybridized carbons (Fsp3) is 0.469. The van der Waals surface area contributed by atoms with Crippen LogP contribution >= 0.6 is 0 Å². The Kier molecular flexibility index (Phi) is 7.45. The summed E-state index contributed by atoms with van der Waals surface area (Å²) in [5, 5.41) is 14.5. The van der Waals surface area contributed by atoms with E-state index in [0.717, 1.165) is 34.0 Å². The van der Waals surface area contributed by atoms with Gasteiger partial charge in [0.15, 0.2) is 0 Å². The highest BCUT2D eigenvalue weighted by Crippen LogP contribution is 2.36. The van der Waals surface area contributed by atoms with E-state index in [0.29, 0.717) is 5.92 Å². The van der Waals surface area contributed by atoms with E-state index in [4.69, 9.17) is 4.98 Å². The Morgan fingerprint density at radius 2 is 1.65 bits per heavy atom. The number of pyridine rings is 1. The topological polar surface area (TPSA) is 79.3 Å². The van der Waals surface area contributed by atoms with E-state index in [1.54, 1.807) is 6.07 Å². The van der Waals surface area contributed by atoms with Crippen molar-refractivity contribution in [2.45, 2.75) is 85.1 Å². The van der Waals surface area contributed by atoms with Crippen LogP contribution < -0.4 is 5.32 Å². The van der Waals surface area contributed by atoms with Crippen molar-refractivity contribution in [3.8, 4) is 11.1 Å². The minimum Gasteiger partial charge on any atom is -0.480 e. The van der Waals surface area contributed by atoms with Gasteiger partial charge in [0.25, 0.3) is 5.91 Å². The van der Waals surface area contributed by atoms with E-state index in [1.165, 1.54) is 31.2 Å². The number of carboxylic acid groups (broad SMARTS) is 1. The molecule has 3 aromatic rings. The molecule has 37 heavy (non-hydrogen) atoms. The number of carboxylic acids is 1. The molecule has 1 atom stereocenters. The molecular formula is C32H40N2O3. The molecule has 0 radical (unpaired) electrons. The van der Waals surface area contributed by atoms with Gasteiger partial charge < -0.3 is 10.4 Å². The molecule has 0 aliphatic heterocycles. The number of nitrogens with one attached hydrogen (secondary N) is 1. The van der Waals surface area contributed by atoms with Crippen LogP contribution in [0.25, 0.3) is 21.9 Å². The minimum absolute atomic E-state index is 0.0790. The van der Waals surface area contributed by atoms with Crippen molar-refractivity contribution in [2.75, 3.05) is 0 Å². The Balaban J connectivity index is 1.81. The predicted octanol–water partition coefficient (Wildman–Crippen LogP) is 7.16. The molecule has 0 spiro atoms. The van der Waals surface area contributed by atoms with Crippen LogP contribution in [-0.2, 0) is 16.6 Å². The zero-order valence-electron chi connectivity index (χ0n) is 23.0. The van der Waals surface area contributed by atoms with Crippen molar-refractivity contribution in [3.05, 3.63) is 65.5 Å². The van der Waals surface area contributed by atoms with Crippen LogP contribution in [0.15, 0.2) is 48.5 Å². The summed E-state index contributed by atoms with van der Waals surface area (Å²) in [6.45, 7) is 12.1. The summed E-state index contributed by atoms with van der Waals surface area (Å²) in [4.78, 5) is 30.1. The first kappa shape index (κ1) is 26.8. The smallest absolute Gasteiger partial charge is 0.326 e. The van der Waals surface area contributed by atoms with E-state index < -0.39 is 23.3 Å². The van der Waals surface area contributed by atoms with E-state index in [9.17, 15) is 14.7 Å². The third-order valence-corrected chi connectivity index (χ3v) is 7.57. The molecule has 1 aliphatic rings. The summed E-state index contributed by atoms with van der Waals surface area (Å²) >= 11 is 0. The average Bonchev–Trinajstić information content (AvgIpc) is 3.33. The maximum atomic E-state index is 13.3. The summed E-state index contributed by atoms with van der Waals surface area (Å²) < 4.78 is 0. The molecule has 4 rings (SSSR count). The summed E-state index contributed by atoms with van der Waals surface area (Å²) in [5.41, 5.74) is 4.18. The summed E-state index contributed by atoms with van der Waals surface area (Å²) in [5.74, 6) is -0.947. The number of carbonyl (C=O) groups is 2. The Labute approximate surface area is 220 Å². The largest absolute Gasteiger partial charge is 0.480 e. The lowest BCUT2D eigenvalue weighted by Gasteiger charge is -2.27. The van der Waals surface area contributed by atoms with Gasteiger partial charge in [0.1, 0.15) is 11.7 Å². The second kappa shape index (κ2) is 10.3. The van der Waals surface area contributed by atoms with Gasteiger partial charge in [-0.2, -0.15) is 0 Å². The number of hydrogen-bond acceptors (Lipinski definition) is 3. The third kappa shape index (κ3) is 6.03. The van der Waals surface area contributed by atoms with Gasteiger partial charge >= 0.3 is 5.97 Å². The molecule has 1 amide bonds. The molecular weight excluding hydrogens is 460 g/mol. The zero-order valence-corrected chi connectivity index (χ0v) is 23.0. The maximum Gasteiger partial charge on any atom is 0.326 e. The number of benzene rings is 2. The van der Waals surface area contributed by atoms with Gasteiger partial charge in [-0.25, -0.2) is 9.78 Å². The molecule has 0 bridgehead atoms. The predicted molar refractivity (Wildman–Crippen MR) is 150 cm³/mol. The standard InChI is InChI=1S/C32H40N2O3/c1-31(2,3)23-16-14-21(15-17-23)24-13-9-12-22-19-26(29(35)34-28(30(36)37)32(4,5)6)33-25(27(22)24)18-20-10-7-8-11-20/h9,12-17,19-20,28H,7-8,10-11,18H2,1-6H3,(H,34,35)(H,36,37). The number of aromatic nitrogens is 1. The fourth-order valence-corrected chi connectivity index (χ4v) is 5.39. The highest BCUT2D eigenvalue weighted by molar-refractivity contribution is 6.03. The number of hydrogen-bond donors (Lipinski definition) is 2. The molecule has 196 valence electrons. The van der Waals surface area contributed by atoms with Crippen LogP contribution in [0.2, 0.25) is 0 Å². The quantitative estimate of drug-likeness (QED) is 0.376. The highest BCUT2D eigenvalue weighted by atomic mass is 16.4. The van der Waals surface area contributed by atoms with Gasteiger partial charge in [-0.05, 0) is 51.3 Å². The lowest BCUT2D eigenvalue weighted by molar-refractivity contribution is -0.142. The van der Waals surface area contributed by atoms with Gasteiger partial charge in [0.2, 0.25) is 0 Å². The number of rotatable bonds is 6. The maximum absolute atomic E-state index is 13.3. The van der Waals surface area contributed by atoms with Crippen LogP contribution in [0.5, 0.6) is 0 Å². The third-order valence-electron chi connectivity index (χ3n) is 7.57. The molecule has 1 fully saturated rings. The van der Waals surface area contributed by atoms with Crippen molar-refractivity contribution in [1.82, 2.24) is 10.3 Å². The van der Waals surface area contributed by atoms with Crippen LogP contribution in [0.1, 0.15) is 89.0 Å². The molecule has 5 heteroatoms. The van der Waals surface area contributed by atoms with E-state index in [2.05, 4.69) is 56.4 Å². The molecule has 1 unspecified atom stereocenters. The molecule has 5 nitrogen and oxygen atoms in total. The Bertz CT molecular complexity index is 1290. The summed E-state index contributed by atoms with van der Waals surface area (Å²) in [6.07, 6.45) is 5.63. The molecule has 1 saturated carbocycles. The highest BCUT2D eigenvalue weighted by Gasteiger charge is 2.33. The monoisotopic (exact) mass is 500 g/mol. The van der Waals surface area contributed by atoms with Gasteiger partial charge in [-0.1, -0.05) is 110 Å². The van der Waals surface area contributed by atoms with Crippen LogP contribution in [0.4, 0.5) is 0 Å². The van der Waals surface area contributed by atoms with E-state index >= 15 is 0 Å². The number of amides is 1. The van der Waals surface area contributed by atoms with E-state index in [-0.39, 0.29) is 11.1 Å². The Morgan fingerprint density at radius 1 is 1.00 bits per heavy atom. The van der Waals surface area contributed by atoms with Gasteiger partial charge in [-0.15, -0.1) is 0 Å². The van der Waals surface area contributed by atoms with Crippen molar-refractivity contribution < 1.29 is 14.7 Å². The first-order chi connectivity index (χ1) is 17.3. The molecule has 1 heterocycles. The number of nitrogens with zero attached hydrogens (tertiary/aromatic N) is 1. The molecule has 0 saturated heterocycles. The van der Waals surface area contributed by atoms with Crippen LogP contribution in [-0.4, -0.2) is 28.0 Å². The van der Waals surface area contributed by atoms with Gasteiger partial charge in [0.05, 0.1) is 5.69 Å². The lowest BCUT2D eigenvalue weighted by Crippen LogP contribution is -2.49. The van der Waals surface area contributed by atoms with Crippen molar-refractivity contribution in [3.63, 3.8) is 0 Å².